The highest BCUT2D eigenvalue weighted by Crippen LogP contribution is 2.18. The number of amides is 1. The van der Waals surface area contributed by atoms with E-state index in [0.717, 1.165) is 12.0 Å². The largest absolute Gasteiger partial charge is 0.449 e. The van der Waals surface area contributed by atoms with Crippen LogP contribution in [-0.2, 0) is 17.7 Å². The normalized spacial score (nSPS) is 10.8. The van der Waals surface area contributed by atoms with Crippen LogP contribution in [-0.4, -0.2) is 48.9 Å². The summed E-state index contributed by atoms with van der Waals surface area (Å²) in [6.45, 7) is 0.876. The van der Waals surface area contributed by atoms with Gasteiger partial charge in [-0.1, -0.05) is 12.1 Å². The van der Waals surface area contributed by atoms with Crippen molar-refractivity contribution in [3.63, 3.8) is 0 Å². The van der Waals surface area contributed by atoms with Crippen molar-refractivity contribution in [2.24, 2.45) is 0 Å². The van der Waals surface area contributed by atoms with Crippen molar-refractivity contribution in [2.45, 2.75) is 25.8 Å². The minimum Gasteiger partial charge on any atom is -0.449 e. The summed E-state index contributed by atoms with van der Waals surface area (Å²) in [6, 6.07) is 6.06. The molecule has 0 bridgehead atoms. The van der Waals surface area contributed by atoms with E-state index in [1.54, 1.807) is 18.5 Å². The fourth-order valence-corrected chi connectivity index (χ4v) is 2.71. The first-order valence-corrected chi connectivity index (χ1v) is 9.02. The van der Waals surface area contributed by atoms with Gasteiger partial charge in [-0.05, 0) is 18.4 Å². The molecule has 0 aliphatic rings. The van der Waals surface area contributed by atoms with Crippen LogP contribution in [0.1, 0.15) is 18.4 Å². The third-order valence-corrected chi connectivity index (χ3v) is 4.20. The van der Waals surface area contributed by atoms with Crippen molar-refractivity contribution in [3.8, 4) is 0 Å². The SMILES string of the molecule is O=C(Nc1ncnc2c1ncn2CCCCO)OCCc1ccc([N+](=O)[O-])cc1. The lowest BCUT2D eigenvalue weighted by molar-refractivity contribution is -0.384. The van der Waals surface area contributed by atoms with Crippen molar-refractivity contribution in [3.05, 3.63) is 52.6 Å². The van der Waals surface area contributed by atoms with Gasteiger partial charge in [-0.15, -0.1) is 0 Å². The van der Waals surface area contributed by atoms with E-state index in [9.17, 15) is 14.9 Å². The lowest BCUT2D eigenvalue weighted by atomic mass is 10.1. The van der Waals surface area contributed by atoms with Crippen LogP contribution in [0.4, 0.5) is 16.3 Å². The highest BCUT2D eigenvalue weighted by atomic mass is 16.6. The van der Waals surface area contributed by atoms with Gasteiger partial charge in [-0.2, -0.15) is 0 Å². The number of hydrogen-bond donors (Lipinski definition) is 2. The molecular weight excluding hydrogens is 380 g/mol. The second-order valence-electron chi connectivity index (χ2n) is 6.20. The molecule has 0 fully saturated rings. The highest BCUT2D eigenvalue weighted by molar-refractivity contribution is 5.93. The Balaban J connectivity index is 1.55. The number of rotatable bonds is 9. The summed E-state index contributed by atoms with van der Waals surface area (Å²) in [7, 11) is 0. The van der Waals surface area contributed by atoms with Crippen LogP contribution in [0.5, 0.6) is 0 Å². The first kappa shape index (κ1) is 20.1. The molecule has 11 nitrogen and oxygen atoms in total. The van der Waals surface area contributed by atoms with Gasteiger partial charge in [0.1, 0.15) is 6.33 Å². The summed E-state index contributed by atoms with van der Waals surface area (Å²) in [4.78, 5) is 34.7. The zero-order valence-electron chi connectivity index (χ0n) is 15.5. The fourth-order valence-electron chi connectivity index (χ4n) is 2.71. The number of nitrogens with zero attached hydrogens (tertiary/aromatic N) is 5. The first-order chi connectivity index (χ1) is 14.1. The number of aliphatic hydroxyl groups is 1. The molecule has 1 aromatic carbocycles. The Kier molecular flexibility index (Phi) is 6.63. The molecule has 2 N–H and O–H groups in total. The molecule has 29 heavy (non-hydrogen) atoms. The zero-order valence-corrected chi connectivity index (χ0v) is 15.5. The van der Waals surface area contributed by atoms with Gasteiger partial charge in [0.15, 0.2) is 17.0 Å². The number of unbranched alkanes of at least 4 members (excludes halogenated alkanes) is 1. The number of carbonyl (C=O) groups is 1. The van der Waals surface area contributed by atoms with Gasteiger partial charge in [0.25, 0.3) is 5.69 Å². The third-order valence-electron chi connectivity index (χ3n) is 4.20. The molecule has 1 amide bonds. The molecule has 0 atom stereocenters. The molecule has 0 saturated carbocycles. The number of nitro benzene ring substituents is 1. The molecular formula is C18H20N6O5. The number of nitrogens with one attached hydrogen (secondary N) is 1. The van der Waals surface area contributed by atoms with E-state index in [0.29, 0.717) is 30.6 Å². The highest BCUT2D eigenvalue weighted by Gasteiger charge is 2.13. The number of non-ortho nitro benzene ring substituents is 1. The number of aryl methyl sites for hydroxylation is 1. The molecule has 3 rings (SSSR count). The van der Waals surface area contributed by atoms with E-state index < -0.39 is 11.0 Å². The summed E-state index contributed by atoms with van der Waals surface area (Å²) in [5.41, 5.74) is 1.85. The third kappa shape index (κ3) is 5.23. The van der Waals surface area contributed by atoms with Crippen LogP contribution in [0.15, 0.2) is 36.9 Å². The minimum atomic E-state index is -0.679. The van der Waals surface area contributed by atoms with E-state index in [4.69, 9.17) is 9.84 Å². The molecule has 2 aromatic heterocycles. The first-order valence-electron chi connectivity index (χ1n) is 9.02. The molecule has 2 heterocycles. The second kappa shape index (κ2) is 9.55. The van der Waals surface area contributed by atoms with Gasteiger partial charge >= 0.3 is 6.09 Å². The molecule has 0 aliphatic carbocycles. The lowest BCUT2D eigenvalue weighted by Crippen LogP contribution is -2.16. The molecule has 0 aliphatic heterocycles. The Morgan fingerprint density at radius 2 is 2.00 bits per heavy atom. The van der Waals surface area contributed by atoms with Crippen molar-refractivity contribution in [2.75, 3.05) is 18.5 Å². The number of imidazole rings is 1. The van der Waals surface area contributed by atoms with Crippen molar-refractivity contribution < 1.29 is 19.6 Å². The maximum Gasteiger partial charge on any atom is 0.412 e. The molecule has 11 heteroatoms. The van der Waals surface area contributed by atoms with Crippen LogP contribution in [0.2, 0.25) is 0 Å². The summed E-state index contributed by atoms with van der Waals surface area (Å²) >= 11 is 0. The minimum absolute atomic E-state index is 0.0102. The number of nitro groups is 1. The topological polar surface area (TPSA) is 145 Å². The summed E-state index contributed by atoms with van der Waals surface area (Å²) in [5.74, 6) is 0.247. The van der Waals surface area contributed by atoms with Gasteiger partial charge < -0.3 is 14.4 Å². The number of hydrogen-bond acceptors (Lipinski definition) is 8. The van der Waals surface area contributed by atoms with Crippen molar-refractivity contribution >= 4 is 28.8 Å². The van der Waals surface area contributed by atoms with Gasteiger partial charge in [-0.3, -0.25) is 15.4 Å². The fraction of sp³-hybridized carbons (Fsp3) is 0.333. The number of aliphatic hydroxyl groups excluding tert-OH is 1. The number of benzene rings is 1. The van der Waals surface area contributed by atoms with Crippen LogP contribution < -0.4 is 5.32 Å². The number of aromatic nitrogens is 4. The van der Waals surface area contributed by atoms with E-state index in [1.807, 2.05) is 4.57 Å². The van der Waals surface area contributed by atoms with Crippen LogP contribution in [0.25, 0.3) is 11.2 Å². The van der Waals surface area contributed by atoms with Crippen LogP contribution in [0.3, 0.4) is 0 Å². The number of anilines is 1. The molecule has 0 unspecified atom stereocenters. The summed E-state index contributed by atoms with van der Waals surface area (Å²) < 4.78 is 6.99. The molecule has 3 aromatic rings. The average Bonchev–Trinajstić information content (AvgIpc) is 3.13. The van der Waals surface area contributed by atoms with E-state index in [2.05, 4.69) is 20.3 Å². The molecule has 0 radical (unpaired) electrons. The Morgan fingerprint density at radius 1 is 1.21 bits per heavy atom. The second-order valence-corrected chi connectivity index (χ2v) is 6.20. The zero-order chi connectivity index (χ0) is 20.6. The quantitative estimate of drug-likeness (QED) is 0.316. The number of carbonyl (C=O) groups excluding carboxylic acids is 1. The van der Waals surface area contributed by atoms with Crippen molar-refractivity contribution in [1.29, 1.82) is 0 Å². The van der Waals surface area contributed by atoms with Gasteiger partial charge in [0.2, 0.25) is 0 Å². The van der Waals surface area contributed by atoms with Gasteiger partial charge in [0.05, 0.1) is 17.9 Å². The van der Waals surface area contributed by atoms with E-state index >= 15 is 0 Å². The Morgan fingerprint density at radius 3 is 2.72 bits per heavy atom. The van der Waals surface area contributed by atoms with Gasteiger partial charge in [-0.25, -0.2) is 19.7 Å². The Hall–Kier alpha value is -3.60. The standard InChI is InChI=1S/C18H20N6O5/c25-9-2-1-8-23-12-21-15-16(19-11-20-17(15)23)22-18(26)29-10-7-13-3-5-14(6-4-13)24(27)28/h3-6,11-12,25H,1-2,7-10H2,(H,19,20,22,26). The maximum absolute atomic E-state index is 12.1. The maximum atomic E-state index is 12.1. The Labute approximate surface area is 165 Å². The Bertz CT molecular complexity index is 988. The summed E-state index contributed by atoms with van der Waals surface area (Å²) in [5, 5.41) is 22.1. The average molecular weight is 400 g/mol. The summed E-state index contributed by atoms with van der Waals surface area (Å²) in [6.07, 6.45) is 4.14. The number of fused-ring (bicyclic) bond motifs is 1. The van der Waals surface area contributed by atoms with Crippen molar-refractivity contribution in [1.82, 2.24) is 19.5 Å². The predicted molar refractivity (Wildman–Crippen MR) is 103 cm³/mol. The lowest BCUT2D eigenvalue weighted by Gasteiger charge is -2.07. The molecule has 0 saturated heterocycles. The van der Waals surface area contributed by atoms with E-state index in [1.165, 1.54) is 18.5 Å². The van der Waals surface area contributed by atoms with Gasteiger partial charge in [0, 0.05) is 31.7 Å². The number of ether oxygens (including phenoxy) is 1. The van der Waals surface area contributed by atoms with Crippen LogP contribution >= 0.6 is 0 Å². The predicted octanol–water partition coefficient (Wildman–Crippen LogP) is 2.30. The molecule has 152 valence electrons. The monoisotopic (exact) mass is 400 g/mol. The molecule has 0 spiro atoms. The van der Waals surface area contributed by atoms with Crippen LogP contribution in [0, 0.1) is 10.1 Å². The van der Waals surface area contributed by atoms with E-state index in [-0.39, 0.29) is 24.7 Å². The smallest absolute Gasteiger partial charge is 0.412 e.